The standard InChI is InChI=1S/C15H19F2NO3.C2H6/c1-9(19)13(15(2,3)4)18-14(20)21-8-10-5-11(16)7-12(17)6-10;1-2/h5-7,13H,8H2,1-4H3,(H,18,20);1-2H3. The summed E-state index contributed by atoms with van der Waals surface area (Å²) in [6, 6.07) is 2.18. The molecule has 1 atom stereocenters. The maximum absolute atomic E-state index is 13.0. The van der Waals surface area contributed by atoms with E-state index in [4.69, 9.17) is 4.74 Å². The largest absolute Gasteiger partial charge is 0.445 e. The van der Waals surface area contributed by atoms with Crippen molar-refractivity contribution in [3.05, 3.63) is 35.4 Å². The summed E-state index contributed by atoms with van der Waals surface area (Å²) >= 11 is 0. The third-order valence-corrected chi connectivity index (χ3v) is 2.83. The molecule has 0 aliphatic rings. The Morgan fingerprint density at radius 1 is 1.13 bits per heavy atom. The van der Waals surface area contributed by atoms with Crippen LogP contribution in [0, 0.1) is 17.0 Å². The quantitative estimate of drug-likeness (QED) is 0.900. The number of rotatable bonds is 4. The first-order chi connectivity index (χ1) is 10.6. The van der Waals surface area contributed by atoms with E-state index < -0.39 is 29.2 Å². The number of Topliss-reactive ketones (excluding diaryl/α,β-unsaturated/α-hetero) is 1. The number of amides is 1. The van der Waals surface area contributed by atoms with Crippen LogP contribution < -0.4 is 5.32 Å². The summed E-state index contributed by atoms with van der Waals surface area (Å²) < 4.78 is 30.8. The maximum atomic E-state index is 13.0. The molecule has 1 aromatic rings. The highest BCUT2D eigenvalue weighted by molar-refractivity contribution is 5.86. The number of carbonyl (C=O) groups is 2. The van der Waals surface area contributed by atoms with Crippen LogP contribution in [0.5, 0.6) is 0 Å². The summed E-state index contributed by atoms with van der Waals surface area (Å²) in [4.78, 5) is 23.2. The van der Waals surface area contributed by atoms with E-state index in [1.165, 1.54) is 6.92 Å². The summed E-state index contributed by atoms with van der Waals surface area (Å²) in [6.07, 6.45) is -0.810. The van der Waals surface area contributed by atoms with Crippen LogP contribution in [0.15, 0.2) is 18.2 Å². The fraction of sp³-hybridized carbons (Fsp3) is 0.529. The zero-order valence-electron chi connectivity index (χ0n) is 14.5. The van der Waals surface area contributed by atoms with Crippen molar-refractivity contribution in [2.24, 2.45) is 5.41 Å². The molecule has 4 nitrogen and oxygen atoms in total. The molecule has 0 aliphatic heterocycles. The molecule has 6 heteroatoms. The second-order valence-corrected chi connectivity index (χ2v) is 5.91. The van der Waals surface area contributed by atoms with E-state index in [9.17, 15) is 18.4 Å². The van der Waals surface area contributed by atoms with E-state index in [0.717, 1.165) is 18.2 Å². The number of carbonyl (C=O) groups excluding carboxylic acids is 2. The predicted octanol–water partition coefficient (Wildman–Crippen LogP) is 4.22. The van der Waals surface area contributed by atoms with Gasteiger partial charge in [-0.05, 0) is 30.0 Å². The van der Waals surface area contributed by atoms with Crippen molar-refractivity contribution in [2.75, 3.05) is 0 Å². The van der Waals surface area contributed by atoms with Crippen LogP contribution >= 0.6 is 0 Å². The fourth-order valence-corrected chi connectivity index (χ4v) is 1.93. The van der Waals surface area contributed by atoms with Gasteiger partial charge in [0.25, 0.3) is 0 Å². The van der Waals surface area contributed by atoms with Gasteiger partial charge in [-0.15, -0.1) is 0 Å². The average Bonchev–Trinajstić information content (AvgIpc) is 2.42. The third kappa shape index (κ3) is 7.72. The second-order valence-electron chi connectivity index (χ2n) is 5.91. The minimum Gasteiger partial charge on any atom is -0.445 e. The zero-order chi connectivity index (χ0) is 18.2. The Bertz CT molecular complexity index is 519. The van der Waals surface area contributed by atoms with Crippen LogP contribution in [0.3, 0.4) is 0 Å². The number of alkyl carbamates (subject to hydrolysis) is 1. The van der Waals surface area contributed by atoms with Crippen molar-refractivity contribution in [3.63, 3.8) is 0 Å². The van der Waals surface area contributed by atoms with Crippen molar-refractivity contribution in [1.29, 1.82) is 0 Å². The molecule has 1 aromatic carbocycles. The van der Waals surface area contributed by atoms with E-state index in [1.807, 2.05) is 13.8 Å². The molecule has 1 unspecified atom stereocenters. The van der Waals surface area contributed by atoms with Gasteiger partial charge in [0.05, 0.1) is 6.04 Å². The highest BCUT2D eigenvalue weighted by Gasteiger charge is 2.30. The lowest BCUT2D eigenvalue weighted by atomic mass is 9.85. The minimum absolute atomic E-state index is 0.192. The molecule has 0 radical (unpaired) electrons. The fourth-order valence-electron chi connectivity index (χ4n) is 1.93. The molecule has 0 spiro atoms. The highest BCUT2D eigenvalue weighted by atomic mass is 19.1. The molecule has 0 heterocycles. The first-order valence-corrected chi connectivity index (χ1v) is 7.48. The third-order valence-electron chi connectivity index (χ3n) is 2.83. The van der Waals surface area contributed by atoms with Crippen molar-refractivity contribution in [3.8, 4) is 0 Å². The summed E-state index contributed by atoms with van der Waals surface area (Å²) in [5.74, 6) is -1.69. The molecule has 1 N–H and O–H groups in total. The number of ketones is 1. The number of nitrogens with one attached hydrogen (secondary N) is 1. The molecule has 0 bridgehead atoms. The molecule has 1 amide bonds. The first kappa shape index (κ1) is 21.0. The summed E-state index contributed by atoms with van der Waals surface area (Å²) in [5, 5.41) is 2.46. The number of halogens is 2. The van der Waals surface area contributed by atoms with Gasteiger partial charge in [-0.25, -0.2) is 13.6 Å². The van der Waals surface area contributed by atoms with Gasteiger partial charge < -0.3 is 10.1 Å². The highest BCUT2D eigenvalue weighted by Crippen LogP contribution is 2.20. The lowest BCUT2D eigenvalue weighted by molar-refractivity contribution is -0.121. The van der Waals surface area contributed by atoms with E-state index in [0.29, 0.717) is 0 Å². The monoisotopic (exact) mass is 329 g/mol. The van der Waals surface area contributed by atoms with Crippen molar-refractivity contribution in [2.45, 2.75) is 54.2 Å². The number of benzene rings is 1. The topological polar surface area (TPSA) is 55.4 Å². The summed E-state index contributed by atoms with van der Waals surface area (Å²) in [7, 11) is 0. The van der Waals surface area contributed by atoms with Gasteiger partial charge in [0.1, 0.15) is 18.2 Å². The van der Waals surface area contributed by atoms with Crippen LogP contribution in [0.4, 0.5) is 13.6 Å². The van der Waals surface area contributed by atoms with Crippen molar-refractivity contribution < 1.29 is 23.1 Å². The number of ether oxygens (including phenoxy) is 1. The molecule has 130 valence electrons. The number of hydrogen-bond acceptors (Lipinski definition) is 3. The molecule has 0 fully saturated rings. The van der Waals surface area contributed by atoms with Crippen molar-refractivity contribution in [1.82, 2.24) is 5.32 Å². The van der Waals surface area contributed by atoms with E-state index in [-0.39, 0.29) is 18.0 Å². The first-order valence-electron chi connectivity index (χ1n) is 7.48. The Balaban J connectivity index is 0.00000232. The molecular formula is C17H25F2NO3. The van der Waals surface area contributed by atoms with Gasteiger partial charge in [0, 0.05) is 6.07 Å². The van der Waals surface area contributed by atoms with Crippen LogP contribution in [0.1, 0.15) is 47.1 Å². The Morgan fingerprint density at radius 2 is 1.61 bits per heavy atom. The molecule has 1 rings (SSSR count). The Labute approximate surface area is 136 Å². The molecular weight excluding hydrogens is 304 g/mol. The van der Waals surface area contributed by atoms with Crippen LogP contribution in [-0.4, -0.2) is 17.9 Å². The average molecular weight is 329 g/mol. The van der Waals surface area contributed by atoms with Gasteiger partial charge >= 0.3 is 6.09 Å². The van der Waals surface area contributed by atoms with Crippen LogP contribution in [-0.2, 0) is 16.1 Å². The van der Waals surface area contributed by atoms with E-state index in [2.05, 4.69) is 5.32 Å². The number of hydrogen-bond donors (Lipinski definition) is 1. The van der Waals surface area contributed by atoms with Crippen LogP contribution in [0.2, 0.25) is 0 Å². The minimum atomic E-state index is -0.810. The van der Waals surface area contributed by atoms with Gasteiger partial charge in [-0.1, -0.05) is 34.6 Å². The summed E-state index contributed by atoms with van der Waals surface area (Å²) in [6.45, 7) is 10.5. The van der Waals surface area contributed by atoms with Gasteiger partial charge in [-0.3, -0.25) is 4.79 Å². The molecule has 0 aliphatic carbocycles. The molecule has 0 aromatic heterocycles. The lowest BCUT2D eigenvalue weighted by Crippen LogP contribution is -2.48. The second kappa shape index (κ2) is 9.22. The summed E-state index contributed by atoms with van der Waals surface area (Å²) in [5.41, 5.74) is -0.270. The van der Waals surface area contributed by atoms with Crippen LogP contribution in [0.25, 0.3) is 0 Å². The molecule has 0 saturated carbocycles. The maximum Gasteiger partial charge on any atom is 0.408 e. The lowest BCUT2D eigenvalue weighted by Gasteiger charge is -2.28. The molecule has 0 saturated heterocycles. The van der Waals surface area contributed by atoms with Gasteiger partial charge in [-0.2, -0.15) is 0 Å². The Hall–Kier alpha value is -1.98. The predicted molar refractivity (Wildman–Crippen MR) is 85.0 cm³/mol. The van der Waals surface area contributed by atoms with Crippen molar-refractivity contribution >= 4 is 11.9 Å². The Kier molecular flexibility index (Phi) is 8.43. The normalized spacial score (nSPS) is 11.8. The smallest absolute Gasteiger partial charge is 0.408 e. The van der Waals surface area contributed by atoms with E-state index in [1.54, 1.807) is 20.8 Å². The zero-order valence-corrected chi connectivity index (χ0v) is 14.5. The SMILES string of the molecule is CC.CC(=O)C(NC(=O)OCc1cc(F)cc(F)c1)C(C)(C)C. The molecule has 23 heavy (non-hydrogen) atoms. The van der Waals surface area contributed by atoms with E-state index >= 15 is 0 Å². The Morgan fingerprint density at radius 3 is 2.00 bits per heavy atom. The van der Waals surface area contributed by atoms with Gasteiger partial charge in [0.2, 0.25) is 0 Å². The van der Waals surface area contributed by atoms with Gasteiger partial charge in [0.15, 0.2) is 5.78 Å².